The number of carbonyl (C=O) groups is 1. The van der Waals surface area contributed by atoms with Gasteiger partial charge >= 0.3 is 6.03 Å². The smallest absolute Gasteiger partial charge is 0.319 e. The van der Waals surface area contributed by atoms with Crippen LogP contribution in [0.5, 0.6) is 0 Å². The molecule has 5 nitrogen and oxygen atoms in total. The fourth-order valence-electron chi connectivity index (χ4n) is 1.58. The topological polar surface area (TPSA) is 77.0 Å². The van der Waals surface area contributed by atoms with Crippen LogP contribution in [0.3, 0.4) is 0 Å². The van der Waals surface area contributed by atoms with Gasteiger partial charge in [0.2, 0.25) is 0 Å². The number of hydrogen-bond acceptors (Lipinski definition) is 3. The van der Waals surface area contributed by atoms with Crippen molar-refractivity contribution >= 4 is 11.7 Å². The molecule has 18 heavy (non-hydrogen) atoms. The van der Waals surface area contributed by atoms with Crippen molar-refractivity contribution < 1.29 is 4.79 Å². The Morgan fingerprint density at radius 3 is 2.94 bits per heavy atom. The highest BCUT2D eigenvalue weighted by Gasteiger charge is 2.19. The molecule has 5 heteroatoms. The number of rotatable bonds is 5. The highest BCUT2D eigenvalue weighted by atomic mass is 16.2. The van der Waals surface area contributed by atoms with E-state index in [4.69, 9.17) is 5.26 Å². The zero-order valence-electron chi connectivity index (χ0n) is 10.1. The van der Waals surface area contributed by atoms with Gasteiger partial charge in [-0.05, 0) is 31.0 Å². The Morgan fingerprint density at radius 1 is 1.39 bits per heavy atom. The lowest BCUT2D eigenvalue weighted by molar-refractivity contribution is 0.252. The first-order valence-corrected chi connectivity index (χ1v) is 6.06. The Balaban J connectivity index is 1.70. The summed E-state index contributed by atoms with van der Waals surface area (Å²) in [5, 5.41) is 17.5. The summed E-state index contributed by atoms with van der Waals surface area (Å²) < 4.78 is 0. The Morgan fingerprint density at radius 2 is 2.22 bits per heavy atom. The van der Waals surface area contributed by atoms with Gasteiger partial charge in [-0.1, -0.05) is 6.07 Å². The quantitative estimate of drug-likeness (QED) is 0.686. The summed E-state index contributed by atoms with van der Waals surface area (Å²) in [6.07, 6.45) is 2.49. The van der Waals surface area contributed by atoms with Crippen LogP contribution in [-0.2, 0) is 0 Å². The molecular weight excluding hydrogens is 228 g/mol. The van der Waals surface area contributed by atoms with E-state index in [2.05, 4.69) is 16.0 Å². The van der Waals surface area contributed by atoms with Gasteiger partial charge in [0.05, 0.1) is 11.6 Å². The molecule has 3 N–H and O–H groups in total. The molecule has 0 radical (unpaired) electrons. The normalized spacial score (nSPS) is 13.7. The highest BCUT2D eigenvalue weighted by molar-refractivity contribution is 5.89. The molecule has 1 aliphatic carbocycles. The van der Waals surface area contributed by atoms with Crippen molar-refractivity contribution in [3.63, 3.8) is 0 Å². The van der Waals surface area contributed by atoms with Crippen LogP contribution in [0.1, 0.15) is 18.4 Å². The molecule has 0 atom stereocenters. The summed E-state index contributed by atoms with van der Waals surface area (Å²) >= 11 is 0. The summed E-state index contributed by atoms with van der Waals surface area (Å²) in [6, 6.07) is 9.27. The monoisotopic (exact) mass is 244 g/mol. The second-order valence-electron chi connectivity index (χ2n) is 4.30. The van der Waals surface area contributed by atoms with Gasteiger partial charge in [-0.15, -0.1) is 0 Å². The third-order valence-electron chi connectivity index (χ3n) is 2.67. The molecule has 0 saturated heterocycles. The molecule has 2 amide bonds. The van der Waals surface area contributed by atoms with Crippen molar-refractivity contribution in [2.24, 2.45) is 0 Å². The van der Waals surface area contributed by atoms with E-state index in [-0.39, 0.29) is 6.03 Å². The first-order valence-electron chi connectivity index (χ1n) is 6.06. The molecule has 94 valence electrons. The maximum atomic E-state index is 11.5. The molecule has 2 rings (SSSR count). The minimum Gasteiger partial charge on any atom is -0.337 e. The van der Waals surface area contributed by atoms with Crippen LogP contribution in [0.4, 0.5) is 10.5 Å². The van der Waals surface area contributed by atoms with Gasteiger partial charge in [-0.3, -0.25) is 0 Å². The van der Waals surface area contributed by atoms with Crippen molar-refractivity contribution in [2.75, 3.05) is 18.4 Å². The molecule has 0 heterocycles. The number of urea groups is 1. The number of anilines is 1. The Kier molecular flexibility index (Phi) is 4.15. The predicted molar refractivity (Wildman–Crippen MR) is 69.2 cm³/mol. The average molecular weight is 244 g/mol. The number of nitriles is 1. The van der Waals surface area contributed by atoms with E-state index in [0.717, 1.165) is 6.54 Å². The van der Waals surface area contributed by atoms with Crippen LogP contribution >= 0.6 is 0 Å². The van der Waals surface area contributed by atoms with Gasteiger partial charge < -0.3 is 16.0 Å². The summed E-state index contributed by atoms with van der Waals surface area (Å²) in [5.41, 5.74) is 1.16. The Hall–Kier alpha value is -2.06. The van der Waals surface area contributed by atoms with E-state index in [1.54, 1.807) is 24.3 Å². The first kappa shape index (κ1) is 12.4. The van der Waals surface area contributed by atoms with Gasteiger partial charge in [-0.2, -0.15) is 5.26 Å². The highest BCUT2D eigenvalue weighted by Crippen LogP contribution is 2.17. The minimum atomic E-state index is -0.248. The molecule has 0 unspecified atom stereocenters. The molecule has 0 spiro atoms. The second-order valence-corrected chi connectivity index (χ2v) is 4.30. The van der Waals surface area contributed by atoms with E-state index in [1.165, 1.54) is 12.8 Å². The molecule has 1 saturated carbocycles. The summed E-state index contributed by atoms with van der Waals surface area (Å²) in [6.45, 7) is 1.39. The van der Waals surface area contributed by atoms with Crippen molar-refractivity contribution in [1.29, 1.82) is 5.26 Å². The molecule has 1 aromatic rings. The molecule has 0 bridgehead atoms. The van der Waals surface area contributed by atoms with E-state index < -0.39 is 0 Å². The second kappa shape index (κ2) is 6.03. The molecular formula is C13H16N4O. The predicted octanol–water partition coefficient (Wildman–Crippen LogP) is 1.43. The Bertz CT molecular complexity index is 462. The van der Waals surface area contributed by atoms with Crippen molar-refractivity contribution in [3.8, 4) is 6.07 Å². The Labute approximate surface area is 106 Å². The van der Waals surface area contributed by atoms with Crippen LogP contribution in [0.2, 0.25) is 0 Å². The molecule has 0 aromatic heterocycles. The van der Waals surface area contributed by atoms with Crippen LogP contribution in [0, 0.1) is 11.3 Å². The fraction of sp³-hybridized carbons (Fsp3) is 0.385. The van der Waals surface area contributed by atoms with E-state index >= 15 is 0 Å². The first-order chi connectivity index (χ1) is 8.78. The minimum absolute atomic E-state index is 0.248. The molecule has 1 aliphatic rings. The number of nitrogens with one attached hydrogen (secondary N) is 3. The van der Waals surface area contributed by atoms with Gasteiger partial charge in [0.25, 0.3) is 0 Å². The molecule has 1 aromatic carbocycles. The summed E-state index contributed by atoms with van der Waals surface area (Å²) in [5.74, 6) is 0. The maximum Gasteiger partial charge on any atom is 0.319 e. The van der Waals surface area contributed by atoms with E-state index in [0.29, 0.717) is 23.8 Å². The van der Waals surface area contributed by atoms with Crippen LogP contribution in [0.15, 0.2) is 24.3 Å². The van der Waals surface area contributed by atoms with E-state index in [9.17, 15) is 4.79 Å². The number of nitrogens with zero attached hydrogens (tertiary/aromatic N) is 1. The average Bonchev–Trinajstić information content (AvgIpc) is 3.19. The zero-order chi connectivity index (χ0) is 12.8. The molecule has 0 aliphatic heterocycles. The largest absolute Gasteiger partial charge is 0.337 e. The zero-order valence-corrected chi connectivity index (χ0v) is 10.1. The number of amides is 2. The van der Waals surface area contributed by atoms with Crippen LogP contribution in [0.25, 0.3) is 0 Å². The van der Waals surface area contributed by atoms with Crippen LogP contribution < -0.4 is 16.0 Å². The summed E-state index contributed by atoms with van der Waals surface area (Å²) in [7, 11) is 0. The van der Waals surface area contributed by atoms with Gasteiger partial charge in [-0.25, -0.2) is 4.79 Å². The standard InChI is InChI=1S/C13H16N4O/c14-9-10-2-1-3-12(8-10)17-13(18)16-7-6-15-11-4-5-11/h1-3,8,11,15H,4-7H2,(H2,16,17,18). The van der Waals surface area contributed by atoms with Gasteiger partial charge in [0.15, 0.2) is 0 Å². The molecule has 1 fully saturated rings. The lowest BCUT2D eigenvalue weighted by Crippen LogP contribution is -2.35. The lowest BCUT2D eigenvalue weighted by Gasteiger charge is -2.08. The van der Waals surface area contributed by atoms with Crippen LogP contribution in [-0.4, -0.2) is 25.2 Å². The van der Waals surface area contributed by atoms with Gasteiger partial charge in [0, 0.05) is 24.8 Å². The maximum absolute atomic E-state index is 11.5. The lowest BCUT2D eigenvalue weighted by atomic mass is 10.2. The van der Waals surface area contributed by atoms with Crippen molar-refractivity contribution in [2.45, 2.75) is 18.9 Å². The van der Waals surface area contributed by atoms with Gasteiger partial charge in [0.1, 0.15) is 0 Å². The van der Waals surface area contributed by atoms with Crippen molar-refractivity contribution in [1.82, 2.24) is 10.6 Å². The summed E-state index contributed by atoms with van der Waals surface area (Å²) in [4.78, 5) is 11.5. The number of hydrogen-bond donors (Lipinski definition) is 3. The van der Waals surface area contributed by atoms with Crippen molar-refractivity contribution in [3.05, 3.63) is 29.8 Å². The number of benzene rings is 1. The SMILES string of the molecule is N#Cc1cccc(NC(=O)NCCNC2CC2)c1. The van der Waals surface area contributed by atoms with E-state index in [1.807, 2.05) is 6.07 Å². The fourth-order valence-corrected chi connectivity index (χ4v) is 1.58. The third-order valence-corrected chi connectivity index (χ3v) is 2.67. The number of carbonyl (C=O) groups excluding carboxylic acids is 1. The third kappa shape index (κ3) is 4.07.